The molecule has 0 aliphatic rings. The molecule has 0 saturated carbocycles. The summed E-state index contributed by atoms with van der Waals surface area (Å²) in [5.41, 5.74) is 2.26. The summed E-state index contributed by atoms with van der Waals surface area (Å²) in [6, 6.07) is 10.7. The molecule has 0 aliphatic carbocycles. The van der Waals surface area contributed by atoms with Gasteiger partial charge in [0.2, 0.25) is 0 Å². The standard InChI is InChI=1S/C16H17NO4/c1-10(20-2)11-5-4-6-12(9-11)15-14(21-3)8-7-13(17-15)16(18)19/h4-10H,1-3H3,(H,18,19). The highest BCUT2D eigenvalue weighted by Gasteiger charge is 2.14. The molecule has 110 valence electrons. The zero-order valence-corrected chi connectivity index (χ0v) is 12.2. The lowest BCUT2D eigenvalue weighted by Gasteiger charge is -2.13. The number of carboxylic acids is 1. The Morgan fingerprint density at radius 2 is 2.00 bits per heavy atom. The molecule has 0 bridgehead atoms. The maximum Gasteiger partial charge on any atom is 0.354 e. The van der Waals surface area contributed by atoms with E-state index in [1.807, 2.05) is 31.2 Å². The Labute approximate surface area is 123 Å². The number of rotatable bonds is 5. The summed E-state index contributed by atoms with van der Waals surface area (Å²) in [4.78, 5) is 15.3. The molecule has 1 unspecified atom stereocenters. The van der Waals surface area contributed by atoms with Crippen molar-refractivity contribution in [3.05, 3.63) is 47.7 Å². The molecule has 0 saturated heterocycles. The average Bonchev–Trinajstić information content (AvgIpc) is 2.53. The molecule has 5 nitrogen and oxygen atoms in total. The topological polar surface area (TPSA) is 68.7 Å². The fourth-order valence-corrected chi connectivity index (χ4v) is 2.01. The van der Waals surface area contributed by atoms with Crippen molar-refractivity contribution in [3.8, 4) is 17.0 Å². The fraction of sp³-hybridized carbons (Fsp3) is 0.250. The van der Waals surface area contributed by atoms with Gasteiger partial charge in [-0.25, -0.2) is 9.78 Å². The SMILES string of the molecule is COc1ccc(C(=O)O)nc1-c1cccc(C(C)OC)c1. The third-order valence-corrected chi connectivity index (χ3v) is 3.28. The van der Waals surface area contributed by atoms with Gasteiger partial charge in [-0.3, -0.25) is 0 Å². The molecule has 2 rings (SSSR count). The van der Waals surface area contributed by atoms with Crippen LogP contribution in [0.3, 0.4) is 0 Å². The first kappa shape index (κ1) is 15.0. The Bertz CT molecular complexity index is 654. The number of aromatic carboxylic acids is 1. The van der Waals surface area contributed by atoms with Crippen LogP contribution in [0.2, 0.25) is 0 Å². The number of benzene rings is 1. The number of pyridine rings is 1. The Kier molecular flexibility index (Phi) is 4.55. The Morgan fingerprint density at radius 3 is 2.62 bits per heavy atom. The maximum absolute atomic E-state index is 11.1. The van der Waals surface area contributed by atoms with Crippen LogP contribution in [0.25, 0.3) is 11.3 Å². The Hall–Kier alpha value is -2.40. The van der Waals surface area contributed by atoms with Crippen LogP contribution < -0.4 is 4.74 Å². The number of carboxylic acid groups (broad SMARTS) is 1. The molecule has 0 amide bonds. The van der Waals surface area contributed by atoms with E-state index in [4.69, 9.17) is 14.6 Å². The maximum atomic E-state index is 11.1. The van der Waals surface area contributed by atoms with Crippen LogP contribution in [-0.2, 0) is 4.74 Å². The fourth-order valence-electron chi connectivity index (χ4n) is 2.01. The van der Waals surface area contributed by atoms with E-state index in [9.17, 15) is 4.79 Å². The lowest BCUT2D eigenvalue weighted by Crippen LogP contribution is -2.03. The van der Waals surface area contributed by atoms with Gasteiger partial charge in [0.25, 0.3) is 0 Å². The van der Waals surface area contributed by atoms with Crippen molar-refractivity contribution in [2.24, 2.45) is 0 Å². The minimum Gasteiger partial charge on any atom is -0.494 e. The van der Waals surface area contributed by atoms with Crippen molar-refractivity contribution in [1.29, 1.82) is 0 Å². The molecule has 2 aromatic rings. The predicted octanol–water partition coefficient (Wildman–Crippen LogP) is 3.16. The minimum atomic E-state index is -1.07. The van der Waals surface area contributed by atoms with Crippen LogP contribution in [0, 0.1) is 0 Å². The molecule has 0 spiro atoms. The van der Waals surface area contributed by atoms with Crippen molar-refractivity contribution in [2.45, 2.75) is 13.0 Å². The number of hydrogen-bond acceptors (Lipinski definition) is 4. The highest BCUT2D eigenvalue weighted by atomic mass is 16.5. The largest absolute Gasteiger partial charge is 0.494 e. The number of nitrogens with zero attached hydrogens (tertiary/aromatic N) is 1. The molecule has 0 radical (unpaired) electrons. The van der Waals surface area contributed by atoms with E-state index in [0.29, 0.717) is 11.4 Å². The minimum absolute atomic E-state index is 0.0176. The lowest BCUT2D eigenvalue weighted by atomic mass is 10.0. The average molecular weight is 287 g/mol. The first-order valence-corrected chi connectivity index (χ1v) is 6.48. The molecule has 1 atom stereocenters. The van der Waals surface area contributed by atoms with Crippen LogP contribution in [0.4, 0.5) is 0 Å². The smallest absolute Gasteiger partial charge is 0.354 e. The zero-order valence-electron chi connectivity index (χ0n) is 12.2. The van der Waals surface area contributed by atoms with E-state index < -0.39 is 5.97 Å². The molecule has 1 N–H and O–H groups in total. The van der Waals surface area contributed by atoms with Gasteiger partial charge in [0.1, 0.15) is 17.1 Å². The van der Waals surface area contributed by atoms with Crippen LogP contribution in [-0.4, -0.2) is 30.3 Å². The number of hydrogen-bond donors (Lipinski definition) is 1. The summed E-state index contributed by atoms with van der Waals surface area (Å²) in [6.07, 6.45) is -0.0569. The van der Waals surface area contributed by atoms with Gasteiger partial charge in [-0.2, -0.15) is 0 Å². The lowest BCUT2D eigenvalue weighted by molar-refractivity contribution is 0.0690. The summed E-state index contributed by atoms with van der Waals surface area (Å²) >= 11 is 0. The number of aromatic nitrogens is 1. The zero-order chi connectivity index (χ0) is 15.4. The summed E-state index contributed by atoms with van der Waals surface area (Å²) in [5.74, 6) is -0.539. The van der Waals surface area contributed by atoms with Crippen molar-refractivity contribution < 1.29 is 19.4 Å². The van der Waals surface area contributed by atoms with Crippen molar-refractivity contribution in [3.63, 3.8) is 0 Å². The first-order chi connectivity index (χ1) is 10.1. The monoisotopic (exact) mass is 287 g/mol. The normalized spacial score (nSPS) is 12.0. The van der Waals surface area contributed by atoms with Gasteiger partial charge >= 0.3 is 5.97 Å². The molecule has 21 heavy (non-hydrogen) atoms. The van der Waals surface area contributed by atoms with Gasteiger partial charge in [0.15, 0.2) is 0 Å². The quantitative estimate of drug-likeness (QED) is 0.914. The van der Waals surface area contributed by atoms with Crippen molar-refractivity contribution in [1.82, 2.24) is 4.98 Å². The van der Waals surface area contributed by atoms with Gasteiger partial charge in [0.05, 0.1) is 13.2 Å². The van der Waals surface area contributed by atoms with E-state index in [1.54, 1.807) is 13.2 Å². The first-order valence-electron chi connectivity index (χ1n) is 6.48. The van der Waals surface area contributed by atoms with Gasteiger partial charge in [-0.15, -0.1) is 0 Å². The molecule has 0 fully saturated rings. The molecule has 5 heteroatoms. The highest BCUT2D eigenvalue weighted by Crippen LogP contribution is 2.30. The second-order valence-electron chi connectivity index (χ2n) is 4.56. The third kappa shape index (κ3) is 3.20. The number of ether oxygens (including phenoxy) is 2. The Morgan fingerprint density at radius 1 is 1.24 bits per heavy atom. The van der Waals surface area contributed by atoms with E-state index in [-0.39, 0.29) is 11.8 Å². The third-order valence-electron chi connectivity index (χ3n) is 3.28. The van der Waals surface area contributed by atoms with Gasteiger partial charge in [-0.1, -0.05) is 18.2 Å². The second kappa shape index (κ2) is 6.37. The van der Waals surface area contributed by atoms with E-state index >= 15 is 0 Å². The molecule has 1 aromatic carbocycles. The molecule has 1 aromatic heterocycles. The van der Waals surface area contributed by atoms with Crippen LogP contribution in [0.1, 0.15) is 29.1 Å². The van der Waals surface area contributed by atoms with Gasteiger partial charge < -0.3 is 14.6 Å². The molecular weight excluding hydrogens is 270 g/mol. The van der Waals surface area contributed by atoms with E-state index in [1.165, 1.54) is 13.2 Å². The second-order valence-corrected chi connectivity index (χ2v) is 4.56. The summed E-state index contributed by atoms with van der Waals surface area (Å²) < 4.78 is 10.6. The predicted molar refractivity (Wildman–Crippen MR) is 78.6 cm³/mol. The summed E-state index contributed by atoms with van der Waals surface area (Å²) in [7, 11) is 3.17. The van der Waals surface area contributed by atoms with Gasteiger partial charge in [0, 0.05) is 12.7 Å². The number of carbonyl (C=O) groups is 1. The van der Waals surface area contributed by atoms with Crippen molar-refractivity contribution >= 4 is 5.97 Å². The van der Waals surface area contributed by atoms with Crippen molar-refractivity contribution in [2.75, 3.05) is 14.2 Å². The highest BCUT2D eigenvalue weighted by molar-refractivity contribution is 5.86. The van der Waals surface area contributed by atoms with Crippen LogP contribution >= 0.6 is 0 Å². The number of methoxy groups -OCH3 is 2. The summed E-state index contributed by atoms with van der Waals surface area (Å²) in [6.45, 7) is 1.94. The van der Waals surface area contributed by atoms with Gasteiger partial charge in [-0.05, 0) is 30.7 Å². The molecular formula is C16H17NO4. The Balaban J connectivity index is 2.54. The summed E-state index contributed by atoms with van der Waals surface area (Å²) in [5, 5.41) is 9.08. The van der Waals surface area contributed by atoms with Crippen LogP contribution in [0.5, 0.6) is 5.75 Å². The van der Waals surface area contributed by atoms with E-state index in [2.05, 4.69) is 4.98 Å². The molecule has 0 aliphatic heterocycles. The molecule has 1 heterocycles. The van der Waals surface area contributed by atoms with E-state index in [0.717, 1.165) is 11.1 Å². The van der Waals surface area contributed by atoms with Crippen LogP contribution in [0.15, 0.2) is 36.4 Å².